The molecule has 8 heteroatoms. The van der Waals surface area contributed by atoms with E-state index in [9.17, 15) is 14.4 Å². The molecule has 0 aromatic carbocycles. The molecule has 0 saturated carbocycles. The SMILES string of the molecule is O=C(O)COc1cc(-c2ccnc(F)c2)n(O)n1. The highest BCUT2D eigenvalue weighted by Crippen LogP contribution is 2.22. The minimum atomic E-state index is -1.17. The first-order chi connectivity index (χ1) is 8.56. The Balaban J connectivity index is 2.26. The van der Waals surface area contributed by atoms with Gasteiger partial charge in [-0.3, -0.25) is 0 Å². The Labute approximate surface area is 100 Å². The summed E-state index contributed by atoms with van der Waals surface area (Å²) in [5.74, 6) is -1.95. The molecule has 2 N–H and O–H groups in total. The van der Waals surface area contributed by atoms with Crippen molar-refractivity contribution in [3.05, 3.63) is 30.3 Å². The molecule has 18 heavy (non-hydrogen) atoms. The van der Waals surface area contributed by atoms with E-state index >= 15 is 0 Å². The number of hydrogen-bond donors (Lipinski definition) is 2. The smallest absolute Gasteiger partial charge is 0.341 e. The molecule has 2 aromatic rings. The Hall–Kier alpha value is -2.64. The third-order valence-corrected chi connectivity index (χ3v) is 2.03. The molecule has 7 nitrogen and oxygen atoms in total. The normalized spacial score (nSPS) is 10.3. The molecule has 0 atom stereocenters. The van der Waals surface area contributed by atoms with Crippen LogP contribution in [0.15, 0.2) is 24.4 Å². The number of carboxylic acid groups (broad SMARTS) is 1. The number of halogens is 1. The number of pyridine rings is 1. The minimum Gasteiger partial charge on any atom is -0.479 e. The van der Waals surface area contributed by atoms with Crippen molar-refractivity contribution in [1.29, 1.82) is 0 Å². The first-order valence-electron chi connectivity index (χ1n) is 4.82. The molecule has 0 spiro atoms. The highest BCUT2D eigenvalue weighted by atomic mass is 19.1. The lowest BCUT2D eigenvalue weighted by molar-refractivity contribution is -0.139. The van der Waals surface area contributed by atoms with Gasteiger partial charge in [-0.2, -0.15) is 4.39 Å². The van der Waals surface area contributed by atoms with Crippen LogP contribution in [0.2, 0.25) is 0 Å². The second-order valence-corrected chi connectivity index (χ2v) is 3.31. The van der Waals surface area contributed by atoms with Gasteiger partial charge in [0, 0.05) is 23.9 Å². The van der Waals surface area contributed by atoms with Gasteiger partial charge in [-0.05, 0) is 6.07 Å². The summed E-state index contributed by atoms with van der Waals surface area (Å²) >= 11 is 0. The zero-order valence-corrected chi connectivity index (χ0v) is 8.95. The summed E-state index contributed by atoms with van der Waals surface area (Å²) < 4.78 is 17.7. The molecule has 0 saturated heterocycles. The second kappa shape index (κ2) is 4.70. The zero-order valence-electron chi connectivity index (χ0n) is 8.95. The lowest BCUT2D eigenvalue weighted by atomic mass is 10.2. The van der Waals surface area contributed by atoms with Gasteiger partial charge in [-0.1, -0.05) is 9.94 Å². The van der Waals surface area contributed by atoms with Crippen molar-refractivity contribution < 1.29 is 24.2 Å². The summed E-state index contributed by atoms with van der Waals surface area (Å²) in [6, 6.07) is 3.86. The summed E-state index contributed by atoms with van der Waals surface area (Å²) in [5, 5.41) is 21.4. The van der Waals surface area contributed by atoms with Gasteiger partial charge in [0.2, 0.25) is 11.8 Å². The summed E-state index contributed by atoms with van der Waals surface area (Å²) in [6.45, 7) is -0.582. The Kier molecular flexibility index (Phi) is 3.09. The van der Waals surface area contributed by atoms with Gasteiger partial charge >= 0.3 is 5.97 Å². The number of hydrogen-bond acceptors (Lipinski definition) is 5. The Morgan fingerprint density at radius 2 is 2.28 bits per heavy atom. The minimum absolute atomic E-state index is 0.0767. The van der Waals surface area contributed by atoms with Gasteiger partial charge in [0.05, 0.1) is 0 Å². The fourth-order valence-electron chi connectivity index (χ4n) is 1.32. The van der Waals surface area contributed by atoms with Gasteiger partial charge < -0.3 is 15.1 Å². The Bertz CT molecular complexity index is 584. The van der Waals surface area contributed by atoms with Gasteiger partial charge in [0.25, 0.3) is 0 Å². The van der Waals surface area contributed by atoms with Crippen LogP contribution in [0.3, 0.4) is 0 Å². The van der Waals surface area contributed by atoms with Gasteiger partial charge in [0.15, 0.2) is 6.61 Å². The summed E-state index contributed by atoms with van der Waals surface area (Å²) in [5.41, 5.74) is 0.499. The van der Waals surface area contributed by atoms with Crippen molar-refractivity contribution in [3.8, 4) is 17.1 Å². The van der Waals surface area contributed by atoms with E-state index in [-0.39, 0.29) is 11.6 Å². The molecule has 0 radical (unpaired) electrons. The van der Waals surface area contributed by atoms with Crippen molar-refractivity contribution in [2.45, 2.75) is 0 Å². The van der Waals surface area contributed by atoms with Gasteiger partial charge in [-0.15, -0.1) is 0 Å². The van der Waals surface area contributed by atoms with Crippen LogP contribution in [0.4, 0.5) is 4.39 Å². The number of carboxylic acids is 1. The van der Waals surface area contributed by atoms with Crippen LogP contribution in [0.5, 0.6) is 5.88 Å². The van der Waals surface area contributed by atoms with E-state index in [1.54, 1.807) is 0 Å². The van der Waals surface area contributed by atoms with Gasteiger partial charge in [-0.25, -0.2) is 9.78 Å². The van der Waals surface area contributed by atoms with E-state index in [0.29, 0.717) is 10.4 Å². The quantitative estimate of drug-likeness (QED) is 0.617. The predicted octanol–water partition coefficient (Wildman–Crippen LogP) is 0.785. The average molecular weight is 253 g/mol. The maximum Gasteiger partial charge on any atom is 0.341 e. The molecule has 0 fully saturated rings. The van der Waals surface area contributed by atoms with Gasteiger partial charge in [0.1, 0.15) is 5.69 Å². The van der Waals surface area contributed by atoms with E-state index in [4.69, 9.17) is 9.84 Å². The Morgan fingerprint density at radius 3 is 2.94 bits per heavy atom. The van der Waals surface area contributed by atoms with Crippen molar-refractivity contribution in [2.75, 3.05) is 6.61 Å². The molecule has 0 aliphatic heterocycles. The van der Waals surface area contributed by atoms with Crippen LogP contribution in [-0.2, 0) is 4.79 Å². The molecule has 0 aliphatic carbocycles. The number of ether oxygens (including phenoxy) is 1. The van der Waals surface area contributed by atoms with E-state index < -0.39 is 18.5 Å². The third kappa shape index (κ3) is 2.54. The number of aromatic nitrogens is 3. The maximum atomic E-state index is 12.9. The van der Waals surface area contributed by atoms with Crippen LogP contribution < -0.4 is 4.74 Å². The molecule has 2 rings (SSSR count). The lowest BCUT2D eigenvalue weighted by Crippen LogP contribution is -2.09. The molecule has 0 aliphatic rings. The van der Waals surface area contributed by atoms with E-state index in [0.717, 1.165) is 6.07 Å². The summed E-state index contributed by atoms with van der Waals surface area (Å²) in [4.78, 5) is 14.2. The molecular formula is C10H8FN3O4. The molecule has 94 valence electrons. The highest BCUT2D eigenvalue weighted by Gasteiger charge is 2.12. The van der Waals surface area contributed by atoms with E-state index in [2.05, 4.69) is 10.1 Å². The van der Waals surface area contributed by atoms with Crippen molar-refractivity contribution in [3.63, 3.8) is 0 Å². The summed E-state index contributed by atoms with van der Waals surface area (Å²) in [7, 11) is 0. The number of carbonyl (C=O) groups is 1. The third-order valence-electron chi connectivity index (χ3n) is 2.03. The fourth-order valence-corrected chi connectivity index (χ4v) is 1.32. The predicted molar refractivity (Wildman–Crippen MR) is 55.7 cm³/mol. The van der Waals surface area contributed by atoms with Crippen LogP contribution >= 0.6 is 0 Å². The van der Waals surface area contributed by atoms with Crippen LogP contribution in [-0.4, -0.2) is 37.8 Å². The first-order valence-corrected chi connectivity index (χ1v) is 4.82. The molecule has 0 unspecified atom stereocenters. The number of rotatable bonds is 4. The van der Waals surface area contributed by atoms with Crippen LogP contribution in [0, 0.1) is 5.95 Å². The van der Waals surface area contributed by atoms with E-state index in [1.807, 2.05) is 0 Å². The van der Waals surface area contributed by atoms with Crippen molar-refractivity contribution >= 4 is 5.97 Å². The monoisotopic (exact) mass is 253 g/mol. The number of aliphatic carboxylic acids is 1. The van der Waals surface area contributed by atoms with Crippen molar-refractivity contribution in [1.82, 2.24) is 14.9 Å². The summed E-state index contributed by atoms with van der Waals surface area (Å²) in [6.07, 6.45) is 1.23. The Morgan fingerprint density at radius 1 is 1.50 bits per heavy atom. The van der Waals surface area contributed by atoms with Crippen molar-refractivity contribution in [2.24, 2.45) is 0 Å². The molecule has 0 bridgehead atoms. The fraction of sp³-hybridized carbons (Fsp3) is 0.100. The first kappa shape index (κ1) is 11.8. The molecular weight excluding hydrogens is 245 g/mol. The number of nitrogens with zero attached hydrogens (tertiary/aromatic N) is 3. The second-order valence-electron chi connectivity index (χ2n) is 3.31. The molecule has 0 amide bonds. The largest absolute Gasteiger partial charge is 0.479 e. The standard InChI is InChI=1S/C10H8FN3O4/c11-8-3-6(1-2-12-8)7-4-9(13-14(7)17)18-5-10(15)16/h1-4,17H,5H2,(H,15,16). The average Bonchev–Trinajstić information content (AvgIpc) is 2.68. The molecule has 2 heterocycles. The zero-order chi connectivity index (χ0) is 13.1. The maximum absolute atomic E-state index is 12.9. The topological polar surface area (TPSA) is 97.5 Å². The lowest BCUT2D eigenvalue weighted by Gasteiger charge is -1.98. The highest BCUT2D eigenvalue weighted by molar-refractivity contribution is 5.68. The van der Waals surface area contributed by atoms with Crippen LogP contribution in [0.25, 0.3) is 11.3 Å². The van der Waals surface area contributed by atoms with E-state index in [1.165, 1.54) is 18.3 Å². The van der Waals surface area contributed by atoms with Crippen LogP contribution in [0.1, 0.15) is 0 Å². The molecule has 2 aromatic heterocycles.